The summed E-state index contributed by atoms with van der Waals surface area (Å²) in [5.41, 5.74) is 1.17. The number of hydrogen-bond acceptors (Lipinski definition) is 2. The normalized spacial score (nSPS) is 10.1. The van der Waals surface area contributed by atoms with Crippen LogP contribution in [-0.2, 0) is 0 Å². The van der Waals surface area contributed by atoms with Crippen LogP contribution >= 0.6 is 27.5 Å². The van der Waals surface area contributed by atoms with Gasteiger partial charge in [0, 0.05) is 4.47 Å². The molecule has 1 aromatic rings. The van der Waals surface area contributed by atoms with E-state index in [1.54, 1.807) is 6.07 Å². The molecular formula is C9H8BrClO2. The van der Waals surface area contributed by atoms with Gasteiger partial charge in [-0.3, -0.25) is 4.79 Å². The first-order valence-electron chi connectivity index (χ1n) is 3.64. The second-order valence-corrected chi connectivity index (χ2v) is 3.80. The summed E-state index contributed by atoms with van der Waals surface area (Å²) in [5.74, 6) is -0.424. The van der Waals surface area contributed by atoms with Crippen molar-refractivity contribution in [2.45, 2.75) is 6.92 Å². The summed E-state index contributed by atoms with van der Waals surface area (Å²) in [6.07, 6.45) is 0. The van der Waals surface area contributed by atoms with Gasteiger partial charge in [-0.2, -0.15) is 0 Å². The van der Waals surface area contributed by atoms with Crippen molar-refractivity contribution in [3.8, 4) is 5.75 Å². The Bertz CT molecular complexity index is 350. The summed E-state index contributed by atoms with van der Waals surface area (Å²) in [6.45, 7) is 1.84. The molecule has 1 rings (SSSR count). The summed E-state index contributed by atoms with van der Waals surface area (Å²) < 4.78 is 0.774. The number of phenols is 1. The zero-order valence-corrected chi connectivity index (χ0v) is 9.32. The van der Waals surface area contributed by atoms with E-state index in [4.69, 9.17) is 11.6 Å². The van der Waals surface area contributed by atoms with E-state index in [0.717, 1.165) is 10.0 Å². The number of aromatic hydroxyl groups is 1. The Morgan fingerprint density at radius 2 is 2.23 bits per heavy atom. The number of carbonyl (C=O) groups is 1. The molecule has 0 saturated heterocycles. The molecule has 0 aromatic heterocycles. The van der Waals surface area contributed by atoms with Gasteiger partial charge in [-0.05, 0) is 24.6 Å². The highest BCUT2D eigenvalue weighted by Crippen LogP contribution is 2.26. The SMILES string of the molecule is Cc1cc(C(=O)CCl)c(O)cc1Br. The topological polar surface area (TPSA) is 37.3 Å². The highest BCUT2D eigenvalue weighted by atomic mass is 79.9. The average molecular weight is 264 g/mol. The lowest BCUT2D eigenvalue weighted by molar-refractivity contribution is 0.101. The zero-order valence-electron chi connectivity index (χ0n) is 6.97. The summed E-state index contributed by atoms with van der Waals surface area (Å²) in [4.78, 5) is 11.2. The molecule has 0 aliphatic carbocycles. The minimum atomic E-state index is -0.269. The number of Topliss-reactive ketones (excluding diaryl/α,β-unsaturated/α-hetero) is 1. The van der Waals surface area contributed by atoms with Crippen LogP contribution in [0.1, 0.15) is 15.9 Å². The highest BCUT2D eigenvalue weighted by molar-refractivity contribution is 9.10. The molecule has 0 aliphatic heterocycles. The molecule has 0 aliphatic rings. The van der Waals surface area contributed by atoms with Crippen molar-refractivity contribution in [2.75, 3.05) is 5.88 Å². The number of carbonyl (C=O) groups excluding carboxylic acids is 1. The Morgan fingerprint density at radius 3 is 2.77 bits per heavy atom. The van der Waals surface area contributed by atoms with E-state index in [-0.39, 0.29) is 23.0 Å². The van der Waals surface area contributed by atoms with Gasteiger partial charge in [0.05, 0.1) is 11.4 Å². The van der Waals surface area contributed by atoms with Gasteiger partial charge in [0.2, 0.25) is 0 Å². The summed E-state index contributed by atoms with van der Waals surface area (Å²) in [6, 6.07) is 3.11. The lowest BCUT2D eigenvalue weighted by Gasteiger charge is -2.04. The van der Waals surface area contributed by atoms with Crippen molar-refractivity contribution < 1.29 is 9.90 Å². The van der Waals surface area contributed by atoms with Crippen molar-refractivity contribution in [1.29, 1.82) is 0 Å². The van der Waals surface area contributed by atoms with Crippen molar-refractivity contribution in [1.82, 2.24) is 0 Å². The fourth-order valence-electron chi connectivity index (χ4n) is 0.966. The smallest absolute Gasteiger partial charge is 0.181 e. The number of aryl methyl sites for hydroxylation is 1. The fraction of sp³-hybridized carbons (Fsp3) is 0.222. The molecule has 1 N–H and O–H groups in total. The van der Waals surface area contributed by atoms with Gasteiger partial charge in [-0.15, -0.1) is 11.6 Å². The maximum absolute atomic E-state index is 11.2. The Hall–Kier alpha value is -0.540. The van der Waals surface area contributed by atoms with Crippen LogP contribution in [0.2, 0.25) is 0 Å². The van der Waals surface area contributed by atoms with E-state index in [9.17, 15) is 9.90 Å². The third-order valence-corrected chi connectivity index (χ3v) is 2.80. The molecule has 0 amide bonds. The summed E-state index contributed by atoms with van der Waals surface area (Å²) in [7, 11) is 0. The largest absolute Gasteiger partial charge is 0.507 e. The Labute approximate surface area is 89.7 Å². The van der Waals surface area contributed by atoms with Crippen molar-refractivity contribution in [2.24, 2.45) is 0 Å². The van der Waals surface area contributed by atoms with Crippen molar-refractivity contribution in [3.05, 3.63) is 27.7 Å². The van der Waals surface area contributed by atoms with E-state index in [0.29, 0.717) is 0 Å². The first-order valence-corrected chi connectivity index (χ1v) is 4.97. The second kappa shape index (κ2) is 4.11. The van der Waals surface area contributed by atoms with E-state index < -0.39 is 0 Å². The van der Waals surface area contributed by atoms with Gasteiger partial charge in [0.25, 0.3) is 0 Å². The maximum atomic E-state index is 11.2. The third kappa shape index (κ3) is 2.23. The van der Waals surface area contributed by atoms with Gasteiger partial charge >= 0.3 is 0 Å². The molecule has 0 unspecified atom stereocenters. The Kier molecular flexibility index (Phi) is 3.33. The fourth-order valence-corrected chi connectivity index (χ4v) is 1.44. The van der Waals surface area contributed by atoms with Crippen molar-refractivity contribution >= 4 is 33.3 Å². The average Bonchev–Trinajstić information content (AvgIpc) is 2.10. The molecule has 0 spiro atoms. The molecule has 0 atom stereocenters. The Morgan fingerprint density at radius 1 is 1.62 bits per heavy atom. The van der Waals surface area contributed by atoms with Gasteiger partial charge in [0.1, 0.15) is 5.75 Å². The lowest BCUT2D eigenvalue weighted by Crippen LogP contribution is -2.01. The van der Waals surface area contributed by atoms with E-state index >= 15 is 0 Å². The first kappa shape index (κ1) is 10.5. The number of halogens is 2. The molecule has 1 aromatic carbocycles. The zero-order chi connectivity index (χ0) is 10.0. The number of benzene rings is 1. The standard InChI is InChI=1S/C9H8BrClO2/c1-5-2-6(9(13)4-11)8(12)3-7(5)10/h2-3,12H,4H2,1H3. The molecule has 0 heterocycles. The number of hydrogen-bond donors (Lipinski definition) is 1. The van der Waals surface area contributed by atoms with Gasteiger partial charge in [-0.1, -0.05) is 15.9 Å². The van der Waals surface area contributed by atoms with Crippen LogP contribution in [0.4, 0.5) is 0 Å². The van der Waals surface area contributed by atoms with Crippen LogP contribution in [0, 0.1) is 6.92 Å². The van der Waals surface area contributed by atoms with Gasteiger partial charge < -0.3 is 5.11 Å². The second-order valence-electron chi connectivity index (χ2n) is 2.68. The van der Waals surface area contributed by atoms with Crippen LogP contribution in [-0.4, -0.2) is 16.8 Å². The van der Waals surface area contributed by atoms with Crippen LogP contribution in [0.5, 0.6) is 5.75 Å². The molecule has 13 heavy (non-hydrogen) atoms. The number of ketones is 1. The summed E-state index contributed by atoms with van der Waals surface area (Å²) in [5, 5.41) is 9.41. The van der Waals surface area contributed by atoms with Crippen molar-refractivity contribution in [3.63, 3.8) is 0 Å². The molecule has 0 radical (unpaired) electrons. The lowest BCUT2D eigenvalue weighted by atomic mass is 10.1. The highest BCUT2D eigenvalue weighted by Gasteiger charge is 2.11. The molecule has 0 saturated carbocycles. The predicted octanol–water partition coefficient (Wildman–Crippen LogP) is 2.88. The molecule has 70 valence electrons. The Balaban J connectivity index is 3.23. The van der Waals surface area contributed by atoms with Gasteiger partial charge in [0.15, 0.2) is 5.78 Å². The van der Waals surface area contributed by atoms with Crippen LogP contribution in [0.15, 0.2) is 16.6 Å². The molecule has 4 heteroatoms. The van der Waals surface area contributed by atoms with E-state index in [1.807, 2.05) is 6.92 Å². The minimum absolute atomic E-state index is 0.0388. The molecule has 0 bridgehead atoms. The summed E-state index contributed by atoms with van der Waals surface area (Å²) >= 11 is 8.63. The number of phenolic OH excluding ortho intramolecular Hbond substituents is 1. The molecular weight excluding hydrogens is 255 g/mol. The number of alkyl halides is 1. The third-order valence-electron chi connectivity index (χ3n) is 1.70. The van der Waals surface area contributed by atoms with Crippen LogP contribution < -0.4 is 0 Å². The quantitative estimate of drug-likeness (QED) is 0.658. The van der Waals surface area contributed by atoms with E-state index in [2.05, 4.69) is 15.9 Å². The first-order chi connectivity index (χ1) is 6.06. The molecule has 2 nitrogen and oxygen atoms in total. The van der Waals surface area contributed by atoms with E-state index in [1.165, 1.54) is 6.07 Å². The monoisotopic (exact) mass is 262 g/mol. The van der Waals surface area contributed by atoms with Crippen LogP contribution in [0.25, 0.3) is 0 Å². The molecule has 0 fully saturated rings. The van der Waals surface area contributed by atoms with Gasteiger partial charge in [-0.25, -0.2) is 0 Å². The van der Waals surface area contributed by atoms with Crippen LogP contribution in [0.3, 0.4) is 0 Å². The minimum Gasteiger partial charge on any atom is -0.507 e. The number of rotatable bonds is 2. The predicted molar refractivity (Wildman–Crippen MR) is 55.6 cm³/mol. The maximum Gasteiger partial charge on any atom is 0.181 e.